The maximum atomic E-state index is 11.9. The van der Waals surface area contributed by atoms with E-state index in [1.54, 1.807) is 12.4 Å². The molecule has 0 aliphatic carbocycles. The molecule has 1 heterocycles. The second-order valence-electron chi connectivity index (χ2n) is 5.32. The fraction of sp³-hybridized carbons (Fsp3) is 0.538. The van der Waals surface area contributed by atoms with Crippen LogP contribution in [0.15, 0.2) is 18.5 Å². The van der Waals surface area contributed by atoms with E-state index in [-0.39, 0.29) is 17.5 Å². The molecule has 5 heteroatoms. The van der Waals surface area contributed by atoms with Crippen molar-refractivity contribution in [3.05, 3.63) is 18.5 Å². The number of aromatic nitrogens is 1. The smallest absolute Gasteiger partial charge is 0.242 e. The molecular formula is C13H22N4O. The van der Waals surface area contributed by atoms with Gasteiger partial charge < -0.3 is 16.0 Å². The highest BCUT2D eigenvalue weighted by molar-refractivity contribution is 5.84. The molecule has 1 atom stereocenters. The molecule has 1 rings (SSSR count). The lowest BCUT2D eigenvalue weighted by molar-refractivity contribution is -0.122. The average molecular weight is 250 g/mol. The molecule has 0 aliphatic rings. The summed E-state index contributed by atoms with van der Waals surface area (Å²) in [5, 5.41) is 9.06. The molecular weight excluding hydrogens is 228 g/mol. The van der Waals surface area contributed by atoms with E-state index in [1.807, 2.05) is 40.8 Å². The third-order valence-corrected chi connectivity index (χ3v) is 2.30. The molecule has 3 N–H and O–H groups in total. The van der Waals surface area contributed by atoms with Gasteiger partial charge in [0.2, 0.25) is 5.91 Å². The predicted molar refractivity (Wildman–Crippen MR) is 74.8 cm³/mol. The van der Waals surface area contributed by atoms with Crippen LogP contribution in [0.3, 0.4) is 0 Å². The average Bonchev–Trinajstić information content (AvgIpc) is 2.27. The fourth-order valence-electron chi connectivity index (χ4n) is 1.45. The van der Waals surface area contributed by atoms with Crippen LogP contribution >= 0.6 is 0 Å². The summed E-state index contributed by atoms with van der Waals surface area (Å²) in [4.78, 5) is 16.0. The first kappa shape index (κ1) is 14.3. The summed E-state index contributed by atoms with van der Waals surface area (Å²) in [5.41, 5.74) is 1.50. The van der Waals surface area contributed by atoms with Crippen LogP contribution in [0.2, 0.25) is 0 Å². The Bertz CT molecular complexity index is 412. The van der Waals surface area contributed by atoms with Crippen molar-refractivity contribution in [1.82, 2.24) is 10.3 Å². The molecule has 0 radical (unpaired) electrons. The maximum absolute atomic E-state index is 11.9. The van der Waals surface area contributed by atoms with Gasteiger partial charge in [0.1, 0.15) is 6.04 Å². The normalized spacial score (nSPS) is 12.7. The number of carbonyl (C=O) groups excluding carboxylic acids is 1. The van der Waals surface area contributed by atoms with Crippen LogP contribution in [-0.2, 0) is 4.79 Å². The lowest BCUT2D eigenvalue weighted by atomic mass is 10.1. The molecule has 0 saturated carbocycles. The van der Waals surface area contributed by atoms with Crippen molar-refractivity contribution in [3.8, 4) is 0 Å². The Balaban J connectivity index is 2.63. The van der Waals surface area contributed by atoms with Gasteiger partial charge in [0.05, 0.1) is 23.8 Å². The van der Waals surface area contributed by atoms with Gasteiger partial charge in [-0.2, -0.15) is 0 Å². The van der Waals surface area contributed by atoms with Gasteiger partial charge in [-0.3, -0.25) is 9.78 Å². The summed E-state index contributed by atoms with van der Waals surface area (Å²) < 4.78 is 0. The Kier molecular flexibility index (Phi) is 4.53. The quantitative estimate of drug-likeness (QED) is 0.763. The summed E-state index contributed by atoms with van der Waals surface area (Å²) in [6.07, 6.45) is 3.42. The van der Waals surface area contributed by atoms with E-state index in [0.29, 0.717) is 0 Å². The van der Waals surface area contributed by atoms with E-state index in [2.05, 4.69) is 20.9 Å². The zero-order chi connectivity index (χ0) is 13.8. The van der Waals surface area contributed by atoms with E-state index in [9.17, 15) is 4.79 Å². The molecule has 0 aromatic carbocycles. The summed E-state index contributed by atoms with van der Waals surface area (Å²) in [6, 6.07) is 1.60. The third-order valence-electron chi connectivity index (χ3n) is 2.30. The third kappa shape index (κ3) is 4.61. The molecule has 1 amide bonds. The first-order valence-electron chi connectivity index (χ1n) is 6.03. The summed E-state index contributed by atoms with van der Waals surface area (Å²) in [5.74, 6) is -0.0302. The lowest BCUT2D eigenvalue weighted by Gasteiger charge is -2.24. The van der Waals surface area contributed by atoms with Crippen molar-refractivity contribution in [2.75, 3.05) is 17.7 Å². The minimum atomic E-state index is -0.307. The van der Waals surface area contributed by atoms with E-state index in [0.717, 1.165) is 11.4 Å². The van der Waals surface area contributed by atoms with Gasteiger partial charge in [-0.1, -0.05) is 0 Å². The molecule has 0 saturated heterocycles. The van der Waals surface area contributed by atoms with E-state index >= 15 is 0 Å². The summed E-state index contributed by atoms with van der Waals surface area (Å²) in [6.45, 7) is 7.70. The number of rotatable bonds is 4. The number of nitrogens with zero attached hydrogens (tertiary/aromatic N) is 1. The van der Waals surface area contributed by atoms with E-state index < -0.39 is 0 Å². The number of hydrogen-bond acceptors (Lipinski definition) is 4. The number of amides is 1. The van der Waals surface area contributed by atoms with Gasteiger partial charge in [0.25, 0.3) is 0 Å². The van der Waals surface area contributed by atoms with Crippen molar-refractivity contribution in [2.45, 2.75) is 39.3 Å². The molecule has 0 bridgehead atoms. The van der Waals surface area contributed by atoms with Crippen molar-refractivity contribution in [3.63, 3.8) is 0 Å². The first-order chi connectivity index (χ1) is 8.31. The Labute approximate surface area is 108 Å². The minimum absolute atomic E-state index is 0.0302. The molecule has 1 unspecified atom stereocenters. The van der Waals surface area contributed by atoms with Crippen LogP contribution in [0.5, 0.6) is 0 Å². The number of nitrogens with one attached hydrogen (secondary N) is 3. The number of pyridine rings is 1. The van der Waals surface area contributed by atoms with Crippen molar-refractivity contribution >= 4 is 17.3 Å². The summed E-state index contributed by atoms with van der Waals surface area (Å²) in [7, 11) is 1.83. The van der Waals surface area contributed by atoms with Crippen molar-refractivity contribution < 1.29 is 4.79 Å². The van der Waals surface area contributed by atoms with Gasteiger partial charge in [-0.05, 0) is 33.8 Å². The molecule has 0 spiro atoms. The molecule has 5 nitrogen and oxygen atoms in total. The second kappa shape index (κ2) is 5.71. The second-order valence-corrected chi connectivity index (χ2v) is 5.32. The first-order valence-corrected chi connectivity index (χ1v) is 6.03. The SMILES string of the molecule is CNc1cncc(NC(C)C(=O)NC(C)(C)C)c1. The van der Waals surface area contributed by atoms with Crippen LogP contribution in [0.1, 0.15) is 27.7 Å². The molecule has 1 aromatic heterocycles. The van der Waals surface area contributed by atoms with Crippen LogP contribution in [0.25, 0.3) is 0 Å². The van der Waals surface area contributed by atoms with E-state index in [1.165, 1.54) is 0 Å². The fourth-order valence-corrected chi connectivity index (χ4v) is 1.45. The molecule has 0 fully saturated rings. The van der Waals surface area contributed by atoms with Crippen LogP contribution in [0, 0.1) is 0 Å². The van der Waals surface area contributed by atoms with Gasteiger partial charge in [0, 0.05) is 12.6 Å². The van der Waals surface area contributed by atoms with Gasteiger partial charge in [-0.15, -0.1) is 0 Å². The standard InChI is InChI=1S/C13H22N4O/c1-9(12(18)17-13(2,3)4)16-11-6-10(14-5)7-15-8-11/h6-9,14,16H,1-5H3,(H,17,18). The predicted octanol–water partition coefficient (Wildman–Crippen LogP) is 1.84. The highest BCUT2D eigenvalue weighted by Gasteiger charge is 2.19. The van der Waals surface area contributed by atoms with Crippen LogP contribution in [-0.4, -0.2) is 29.5 Å². The van der Waals surface area contributed by atoms with Gasteiger partial charge in [0.15, 0.2) is 0 Å². The number of hydrogen-bond donors (Lipinski definition) is 3. The van der Waals surface area contributed by atoms with E-state index in [4.69, 9.17) is 0 Å². The Morgan fingerprint density at radius 2 is 1.89 bits per heavy atom. The topological polar surface area (TPSA) is 66.0 Å². The maximum Gasteiger partial charge on any atom is 0.242 e. The van der Waals surface area contributed by atoms with Crippen molar-refractivity contribution in [2.24, 2.45) is 0 Å². The number of anilines is 2. The van der Waals surface area contributed by atoms with Crippen LogP contribution < -0.4 is 16.0 Å². The Morgan fingerprint density at radius 1 is 1.28 bits per heavy atom. The Hall–Kier alpha value is -1.78. The number of carbonyl (C=O) groups is 1. The zero-order valence-corrected chi connectivity index (χ0v) is 11.7. The molecule has 0 aliphatic heterocycles. The zero-order valence-electron chi connectivity index (χ0n) is 11.7. The molecule has 18 heavy (non-hydrogen) atoms. The highest BCUT2D eigenvalue weighted by Crippen LogP contribution is 2.13. The largest absolute Gasteiger partial charge is 0.387 e. The molecule has 100 valence electrons. The van der Waals surface area contributed by atoms with Crippen LogP contribution in [0.4, 0.5) is 11.4 Å². The van der Waals surface area contributed by atoms with Gasteiger partial charge in [-0.25, -0.2) is 0 Å². The minimum Gasteiger partial charge on any atom is -0.387 e. The summed E-state index contributed by atoms with van der Waals surface area (Å²) >= 11 is 0. The lowest BCUT2D eigenvalue weighted by Crippen LogP contribution is -2.47. The van der Waals surface area contributed by atoms with Gasteiger partial charge >= 0.3 is 0 Å². The van der Waals surface area contributed by atoms with Crippen molar-refractivity contribution in [1.29, 1.82) is 0 Å². The monoisotopic (exact) mass is 250 g/mol. The highest BCUT2D eigenvalue weighted by atomic mass is 16.2. The Morgan fingerprint density at radius 3 is 2.44 bits per heavy atom. The molecule has 1 aromatic rings.